The summed E-state index contributed by atoms with van der Waals surface area (Å²) in [5, 5.41) is 4.64. The number of rotatable bonds is 4. The maximum Gasteiger partial charge on any atom is 0.0971 e. The normalized spacial score (nSPS) is 32.0. The lowest BCUT2D eigenvalue weighted by molar-refractivity contribution is -0.930. The van der Waals surface area contributed by atoms with Gasteiger partial charge in [-0.15, -0.1) is 0 Å². The minimum Gasteiger partial charge on any atom is -0.320 e. The van der Waals surface area contributed by atoms with E-state index >= 15 is 0 Å². The molecule has 2 rings (SSSR count). The van der Waals surface area contributed by atoms with Gasteiger partial charge in [0.15, 0.2) is 0 Å². The molecule has 108 valence electrons. The lowest BCUT2D eigenvalue weighted by Gasteiger charge is -2.45. The van der Waals surface area contributed by atoms with Crippen molar-refractivity contribution in [1.82, 2.24) is 0 Å². The third-order valence-corrected chi connectivity index (χ3v) is 4.48. The summed E-state index contributed by atoms with van der Waals surface area (Å²) in [6.07, 6.45) is 3.08. The molecule has 1 aromatic carbocycles. The first kappa shape index (κ1) is 14.8. The molecule has 0 saturated carbocycles. The van der Waals surface area contributed by atoms with Crippen molar-refractivity contribution >= 4 is 11.4 Å². The molecule has 0 unspecified atom stereocenters. The van der Waals surface area contributed by atoms with E-state index in [4.69, 9.17) is 0 Å². The maximum absolute atomic E-state index is 4.64. The average molecular weight is 272 g/mol. The lowest BCUT2D eigenvalue weighted by Crippen LogP contribution is -2.58. The van der Waals surface area contributed by atoms with Crippen LogP contribution in [0, 0.1) is 5.92 Å². The van der Waals surface area contributed by atoms with E-state index < -0.39 is 0 Å². The first-order valence-corrected chi connectivity index (χ1v) is 7.38. The molecular weight excluding hydrogens is 246 g/mol. The first-order valence-electron chi connectivity index (χ1n) is 7.38. The molecule has 3 atom stereocenters. The van der Waals surface area contributed by atoms with E-state index in [9.17, 15) is 0 Å². The zero-order chi connectivity index (χ0) is 14.6. The molecule has 3 heteroatoms. The number of piperidine rings is 1. The molecule has 0 aliphatic carbocycles. The van der Waals surface area contributed by atoms with Crippen LogP contribution >= 0.6 is 0 Å². The summed E-state index contributed by atoms with van der Waals surface area (Å²) in [6, 6.07) is 10.7. The van der Waals surface area contributed by atoms with Gasteiger partial charge in [-0.1, -0.05) is 31.7 Å². The molecule has 1 N–H and O–H groups in total. The largest absolute Gasteiger partial charge is 0.320 e. The molecule has 1 fully saturated rings. The average Bonchev–Trinajstić information content (AvgIpc) is 2.43. The van der Waals surface area contributed by atoms with Gasteiger partial charge in [0.05, 0.1) is 37.6 Å². The lowest BCUT2D eigenvalue weighted by atomic mass is 9.90. The first-order chi connectivity index (χ1) is 9.55. The van der Waals surface area contributed by atoms with Crippen LogP contribution in [0.5, 0.6) is 0 Å². The van der Waals surface area contributed by atoms with E-state index in [1.165, 1.54) is 5.71 Å². The van der Waals surface area contributed by atoms with Crippen LogP contribution in [-0.2, 0) is 0 Å². The highest BCUT2D eigenvalue weighted by molar-refractivity contribution is 5.88. The van der Waals surface area contributed by atoms with Crippen LogP contribution in [0.3, 0.4) is 0 Å². The van der Waals surface area contributed by atoms with E-state index in [1.54, 1.807) is 0 Å². The highest BCUT2D eigenvalue weighted by Crippen LogP contribution is 2.26. The van der Waals surface area contributed by atoms with Gasteiger partial charge in [0.2, 0.25) is 0 Å². The molecule has 1 aliphatic heterocycles. The van der Waals surface area contributed by atoms with Crippen LogP contribution in [0.2, 0.25) is 0 Å². The minimum absolute atomic E-state index is 0.507. The fourth-order valence-electron chi connectivity index (χ4n) is 2.99. The fraction of sp³-hybridized carbons (Fsp3) is 0.471. The Labute approximate surface area is 122 Å². The predicted molar refractivity (Wildman–Crippen MR) is 86.9 cm³/mol. The van der Waals surface area contributed by atoms with Gasteiger partial charge in [0, 0.05) is 12.3 Å². The van der Waals surface area contributed by atoms with Gasteiger partial charge in [0.25, 0.3) is 0 Å². The second-order valence-corrected chi connectivity index (χ2v) is 6.17. The van der Waals surface area contributed by atoms with Crippen molar-refractivity contribution in [2.75, 3.05) is 25.6 Å². The predicted octanol–water partition coefficient (Wildman–Crippen LogP) is 3.52. The van der Waals surface area contributed by atoms with Crippen LogP contribution in [0.15, 0.2) is 48.1 Å². The van der Waals surface area contributed by atoms with Crippen molar-refractivity contribution in [3.05, 3.63) is 43.0 Å². The van der Waals surface area contributed by atoms with Gasteiger partial charge in [0.1, 0.15) is 0 Å². The fourth-order valence-corrected chi connectivity index (χ4v) is 2.99. The number of likely N-dealkylation sites (tertiary alicyclic amines) is 1. The number of anilines is 1. The van der Waals surface area contributed by atoms with Gasteiger partial charge in [-0.25, -0.2) is 0 Å². The number of nitrogens with one attached hydrogen (secondary N) is 1. The Hall–Kier alpha value is -1.61. The summed E-state index contributed by atoms with van der Waals surface area (Å²) < 4.78 is 1.06. The van der Waals surface area contributed by atoms with Crippen LogP contribution in [-0.4, -0.2) is 36.4 Å². The van der Waals surface area contributed by atoms with Crippen LogP contribution in [0.4, 0.5) is 5.69 Å². The van der Waals surface area contributed by atoms with Gasteiger partial charge in [-0.3, -0.25) is 5.43 Å². The minimum atomic E-state index is 0.507. The van der Waals surface area contributed by atoms with Gasteiger partial charge >= 0.3 is 0 Å². The highest BCUT2D eigenvalue weighted by Gasteiger charge is 2.38. The number of hydrogen-bond acceptors (Lipinski definition) is 2. The zero-order valence-corrected chi connectivity index (χ0v) is 12.8. The van der Waals surface area contributed by atoms with Gasteiger partial charge in [-0.2, -0.15) is 5.10 Å². The second-order valence-electron chi connectivity index (χ2n) is 6.17. The van der Waals surface area contributed by atoms with Crippen LogP contribution in [0.1, 0.15) is 20.3 Å². The molecule has 1 aromatic rings. The zero-order valence-electron chi connectivity index (χ0n) is 12.8. The molecule has 0 aromatic heterocycles. The molecule has 1 saturated heterocycles. The standard InChI is InChI=1S/C17H26N3/c1-5-11-20(4)13-14(2)17(12-15(20)3)19-18-16-9-7-6-8-10-16/h5-10,14-15,18H,1,11-13H2,2-4H3/q+1/b19-17+/t14-,15+,20-/m1/s1. The monoisotopic (exact) mass is 272 g/mol. The Morgan fingerprint density at radius 2 is 2.05 bits per heavy atom. The quantitative estimate of drug-likeness (QED) is 0.506. The molecule has 3 nitrogen and oxygen atoms in total. The summed E-state index contributed by atoms with van der Waals surface area (Å²) in [6.45, 7) is 10.6. The van der Waals surface area contributed by atoms with Crippen molar-refractivity contribution < 1.29 is 4.48 Å². The summed E-state index contributed by atoms with van der Waals surface area (Å²) in [5.41, 5.74) is 5.51. The van der Waals surface area contributed by atoms with E-state index in [0.29, 0.717) is 12.0 Å². The summed E-state index contributed by atoms with van der Waals surface area (Å²) in [4.78, 5) is 0. The van der Waals surface area contributed by atoms with E-state index in [0.717, 1.165) is 29.7 Å². The summed E-state index contributed by atoms with van der Waals surface area (Å²) in [5.74, 6) is 0.507. The third kappa shape index (κ3) is 3.28. The molecule has 20 heavy (non-hydrogen) atoms. The molecule has 0 bridgehead atoms. The van der Waals surface area contributed by atoms with Crippen LogP contribution in [0.25, 0.3) is 0 Å². The molecule has 0 radical (unpaired) electrons. The molecular formula is C17H26N3+. The summed E-state index contributed by atoms with van der Waals surface area (Å²) in [7, 11) is 2.32. The highest BCUT2D eigenvalue weighted by atomic mass is 15.4. The Balaban J connectivity index is 2.06. The number of nitrogens with zero attached hydrogens (tertiary/aromatic N) is 2. The number of hydrazone groups is 1. The second kappa shape index (κ2) is 6.23. The third-order valence-electron chi connectivity index (χ3n) is 4.48. The number of quaternary nitrogens is 1. The Bertz CT molecular complexity index is 480. The summed E-state index contributed by atoms with van der Waals surface area (Å²) >= 11 is 0. The van der Waals surface area contributed by atoms with Gasteiger partial charge < -0.3 is 4.48 Å². The number of hydrogen-bond donors (Lipinski definition) is 1. The van der Waals surface area contributed by atoms with E-state index in [-0.39, 0.29) is 0 Å². The molecule has 0 spiro atoms. The van der Waals surface area contributed by atoms with Crippen molar-refractivity contribution in [3.8, 4) is 0 Å². The smallest absolute Gasteiger partial charge is 0.0971 e. The number of para-hydroxylation sites is 1. The topological polar surface area (TPSA) is 24.4 Å². The van der Waals surface area contributed by atoms with E-state index in [2.05, 4.69) is 38.0 Å². The van der Waals surface area contributed by atoms with E-state index in [1.807, 2.05) is 36.4 Å². The number of benzene rings is 1. The molecule has 1 aliphatic rings. The SMILES string of the molecule is C=CC[N@+]1(C)C[C@@H](C)/C(=N/Nc2ccccc2)C[C@@H]1C. The Morgan fingerprint density at radius 3 is 2.70 bits per heavy atom. The Kier molecular flexibility index (Phi) is 4.61. The van der Waals surface area contributed by atoms with Crippen molar-refractivity contribution in [3.63, 3.8) is 0 Å². The molecule has 1 heterocycles. The van der Waals surface area contributed by atoms with Crippen molar-refractivity contribution in [2.24, 2.45) is 11.0 Å². The van der Waals surface area contributed by atoms with Crippen LogP contribution < -0.4 is 5.43 Å². The van der Waals surface area contributed by atoms with Gasteiger partial charge in [-0.05, 0) is 25.1 Å². The Morgan fingerprint density at radius 1 is 1.35 bits per heavy atom. The number of likely N-dealkylation sites (N-methyl/N-ethyl adjacent to an activating group) is 1. The molecule has 0 amide bonds. The maximum atomic E-state index is 4.64. The van der Waals surface area contributed by atoms with Crippen molar-refractivity contribution in [2.45, 2.75) is 26.3 Å². The van der Waals surface area contributed by atoms with Crippen molar-refractivity contribution in [1.29, 1.82) is 0 Å².